The van der Waals surface area contributed by atoms with Crippen molar-refractivity contribution in [1.29, 1.82) is 0 Å². The van der Waals surface area contributed by atoms with Crippen LogP contribution in [0.25, 0.3) is 0 Å². The fourth-order valence-corrected chi connectivity index (χ4v) is 3.69. The van der Waals surface area contributed by atoms with Crippen LogP contribution in [0.15, 0.2) is 0 Å². The fraction of sp³-hybridized carbons (Fsp3) is 1.00. The van der Waals surface area contributed by atoms with E-state index in [4.69, 9.17) is 9.26 Å². The highest BCUT2D eigenvalue weighted by Gasteiger charge is 2.23. The molecule has 0 saturated heterocycles. The van der Waals surface area contributed by atoms with Gasteiger partial charge in [0.25, 0.3) is 0 Å². The van der Waals surface area contributed by atoms with Crippen molar-refractivity contribution in [2.75, 3.05) is 19.8 Å². The summed E-state index contributed by atoms with van der Waals surface area (Å²) in [6, 6.07) is 0. The van der Waals surface area contributed by atoms with Crippen LogP contribution >= 0.6 is 7.60 Å². The van der Waals surface area contributed by atoms with Crippen LogP contribution in [0.5, 0.6) is 0 Å². The SMILES string of the molecule is CCCCCCCCCCCCCCCCOCCCOP(=O)(O)C(C)C. The van der Waals surface area contributed by atoms with E-state index in [1.165, 1.54) is 83.5 Å². The van der Waals surface area contributed by atoms with Crippen LogP contribution in [0.4, 0.5) is 0 Å². The number of ether oxygens (including phenoxy) is 1. The van der Waals surface area contributed by atoms with Gasteiger partial charge >= 0.3 is 7.60 Å². The van der Waals surface area contributed by atoms with Gasteiger partial charge in [-0.15, -0.1) is 0 Å². The van der Waals surface area contributed by atoms with E-state index in [-0.39, 0.29) is 5.66 Å². The van der Waals surface area contributed by atoms with Gasteiger partial charge in [-0.1, -0.05) is 104 Å². The maximum atomic E-state index is 11.6. The predicted octanol–water partition coefficient (Wildman–Crippen LogP) is 7.48. The third-order valence-corrected chi connectivity index (χ3v) is 6.86. The lowest BCUT2D eigenvalue weighted by atomic mass is 10.0. The molecular weight excluding hydrogens is 359 g/mol. The molecule has 0 aliphatic carbocycles. The highest BCUT2D eigenvalue weighted by Crippen LogP contribution is 2.46. The van der Waals surface area contributed by atoms with Crippen LogP contribution in [0, 0.1) is 0 Å². The molecule has 0 aliphatic rings. The lowest BCUT2D eigenvalue weighted by Gasteiger charge is -2.15. The molecule has 27 heavy (non-hydrogen) atoms. The smallest absolute Gasteiger partial charge is 0.330 e. The van der Waals surface area contributed by atoms with Gasteiger partial charge < -0.3 is 14.2 Å². The molecule has 0 radical (unpaired) electrons. The van der Waals surface area contributed by atoms with Crippen LogP contribution in [0.2, 0.25) is 0 Å². The van der Waals surface area contributed by atoms with Gasteiger partial charge in [0.15, 0.2) is 0 Å². The first kappa shape index (κ1) is 27.1. The van der Waals surface area contributed by atoms with Gasteiger partial charge in [-0.05, 0) is 12.8 Å². The molecule has 1 unspecified atom stereocenters. The van der Waals surface area contributed by atoms with E-state index in [0.29, 0.717) is 19.6 Å². The molecule has 0 amide bonds. The van der Waals surface area contributed by atoms with Crippen molar-refractivity contribution in [2.24, 2.45) is 0 Å². The minimum absolute atomic E-state index is 0.296. The fourth-order valence-electron chi connectivity index (χ4n) is 3.01. The topological polar surface area (TPSA) is 55.8 Å². The van der Waals surface area contributed by atoms with Gasteiger partial charge in [0.05, 0.1) is 12.3 Å². The summed E-state index contributed by atoms with van der Waals surface area (Å²) in [7, 11) is -3.41. The lowest BCUT2D eigenvalue weighted by molar-refractivity contribution is 0.113. The summed E-state index contributed by atoms with van der Waals surface area (Å²) >= 11 is 0. The zero-order valence-corrected chi connectivity index (χ0v) is 19.3. The minimum Gasteiger partial charge on any atom is -0.381 e. The molecule has 0 heterocycles. The average molecular weight is 407 g/mol. The summed E-state index contributed by atoms with van der Waals surface area (Å²) in [4.78, 5) is 9.53. The van der Waals surface area contributed by atoms with E-state index in [9.17, 15) is 9.46 Å². The van der Waals surface area contributed by atoms with E-state index in [1.807, 2.05) is 0 Å². The molecule has 1 atom stereocenters. The molecular formula is C22H47O4P. The predicted molar refractivity (Wildman–Crippen MR) is 117 cm³/mol. The van der Waals surface area contributed by atoms with Crippen LogP contribution in [0.1, 0.15) is 117 Å². The van der Waals surface area contributed by atoms with Crippen molar-refractivity contribution in [3.05, 3.63) is 0 Å². The zero-order chi connectivity index (χ0) is 20.2. The Morgan fingerprint density at radius 1 is 0.667 bits per heavy atom. The molecule has 0 aromatic rings. The normalized spacial score (nSPS) is 14.0. The molecule has 0 aliphatic heterocycles. The number of rotatable bonds is 21. The Labute approximate surface area is 169 Å². The Balaban J connectivity index is 3.12. The second-order valence-electron chi connectivity index (χ2n) is 8.05. The molecule has 0 saturated carbocycles. The second kappa shape index (κ2) is 19.4. The van der Waals surface area contributed by atoms with Crippen LogP contribution < -0.4 is 0 Å². The molecule has 0 rings (SSSR count). The summed E-state index contributed by atoms with van der Waals surface area (Å²) in [5, 5.41) is 0. The van der Waals surface area contributed by atoms with Gasteiger partial charge in [0, 0.05) is 13.2 Å². The largest absolute Gasteiger partial charge is 0.381 e. The van der Waals surface area contributed by atoms with Gasteiger partial charge in [-0.2, -0.15) is 0 Å². The molecule has 0 aromatic heterocycles. The summed E-state index contributed by atoms with van der Waals surface area (Å²) in [5.74, 6) is 0. The van der Waals surface area contributed by atoms with E-state index in [1.54, 1.807) is 13.8 Å². The Morgan fingerprint density at radius 2 is 1.07 bits per heavy atom. The standard InChI is InChI=1S/C22H47O4P/c1-4-5-6-7-8-9-10-11-12-13-14-15-16-17-19-25-20-18-21-26-27(23,24)22(2)3/h22H,4-21H2,1-3H3,(H,23,24). The Kier molecular flexibility index (Phi) is 19.5. The second-order valence-corrected chi connectivity index (χ2v) is 10.5. The van der Waals surface area contributed by atoms with E-state index in [0.717, 1.165) is 13.0 Å². The maximum absolute atomic E-state index is 11.6. The molecule has 0 fully saturated rings. The van der Waals surface area contributed by atoms with Crippen LogP contribution in [-0.2, 0) is 13.8 Å². The number of unbranched alkanes of at least 4 members (excludes halogenated alkanes) is 13. The third-order valence-electron chi connectivity index (χ3n) is 5.00. The Morgan fingerprint density at radius 3 is 1.52 bits per heavy atom. The highest BCUT2D eigenvalue weighted by molar-refractivity contribution is 7.53. The summed E-state index contributed by atoms with van der Waals surface area (Å²) in [6.45, 7) is 7.37. The molecule has 5 heteroatoms. The molecule has 1 N–H and O–H groups in total. The molecule has 4 nitrogen and oxygen atoms in total. The Hall–Kier alpha value is 0.110. The van der Waals surface area contributed by atoms with Gasteiger partial charge in [-0.3, -0.25) is 4.57 Å². The van der Waals surface area contributed by atoms with Crippen molar-refractivity contribution in [3.63, 3.8) is 0 Å². The van der Waals surface area contributed by atoms with Crippen molar-refractivity contribution in [1.82, 2.24) is 0 Å². The van der Waals surface area contributed by atoms with Crippen molar-refractivity contribution in [3.8, 4) is 0 Å². The monoisotopic (exact) mass is 406 g/mol. The first-order valence-electron chi connectivity index (χ1n) is 11.6. The first-order valence-corrected chi connectivity index (χ1v) is 13.2. The highest BCUT2D eigenvalue weighted by atomic mass is 31.2. The first-order chi connectivity index (χ1) is 13.0. The summed E-state index contributed by atoms with van der Waals surface area (Å²) < 4.78 is 22.2. The van der Waals surface area contributed by atoms with Gasteiger partial charge in [0.2, 0.25) is 0 Å². The van der Waals surface area contributed by atoms with Crippen molar-refractivity contribution in [2.45, 2.75) is 123 Å². The summed E-state index contributed by atoms with van der Waals surface area (Å²) in [6.07, 6.45) is 19.8. The van der Waals surface area contributed by atoms with Crippen molar-refractivity contribution < 1.29 is 18.7 Å². The van der Waals surface area contributed by atoms with E-state index in [2.05, 4.69) is 6.92 Å². The third kappa shape index (κ3) is 19.2. The molecule has 0 aromatic carbocycles. The number of hydrogen-bond donors (Lipinski definition) is 1. The zero-order valence-electron chi connectivity index (χ0n) is 18.4. The molecule has 0 bridgehead atoms. The average Bonchev–Trinajstić information content (AvgIpc) is 2.63. The molecule has 164 valence electrons. The Bertz CT molecular complexity index is 347. The number of hydrogen-bond acceptors (Lipinski definition) is 3. The quantitative estimate of drug-likeness (QED) is 0.158. The van der Waals surface area contributed by atoms with Crippen LogP contribution in [0.3, 0.4) is 0 Å². The van der Waals surface area contributed by atoms with Gasteiger partial charge in [0.1, 0.15) is 0 Å². The van der Waals surface area contributed by atoms with Crippen LogP contribution in [-0.4, -0.2) is 30.4 Å². The van der Waals surface area contributed by atoms with Gasteiger partial charge in [-0.25, -0.2) is 0 Å². The van der Waals surface area contributed by atoms with E-state index >= 15 is 0 Å². The lowest BCUT2D eigenvalue weighted by Crippen LogP contribution is -2.05. The van der Waals surface area contributed by atoms with E-state index < -0.39 is 7.60 Å². The summed E-state index contributed by atoms with van der Waals surface area (Å²) in [5.41, 5.74) is -0.339. The maximum Gasteiger partial charge on any atom is 0.330 e. The molecule has 0 spiro atoms. The van der Waals surface area contributed by atoms with Crippen molar-refractivity contribution >= 4 is 7.60 Å². The minimum atomic E-state index is -3.41.